The molecule has 0 radical (unpaired) electrons. The summed E-state index contributed by atoms with van der Waals surface area (Å²) in [6, 6.07) is 8.29. The number of carbonyl (C=O) groups is 2. The zero-order chi connectivity index (χ0) is 20.3. The number of hydrogen-bond acceptors (Lipinski definition) is 4. The molecule has 1 fully saturated rings. The maximum Gasteiger partial charge on any atom is 0.263 e. The van der Waals surface area contributed by atoms with Crippen LogP contribution >= 0.6 is 11.3 Å². The number of rotatable bonds is 6. The average molecular weight is 403 g/mol. The van der Waals surface area contributed by atoms with Gasteiger partial charge in [0, 0.05) is 31.4 Å². The highest BCUT2D eigenvalue weighted by atomic mass is 32.1. The SMILES string of the molecule is CC(C)OCC(=O)N1CCCC[C@@H]1Cc1c(C(=O)N(C)C)sc2ccccc12. The molecule has 28 heavy (non-hydrogen) atoms. The summed E-state index contributed by atoms with van der Waals surface area (Å²) in [7, 11) is 3.58. The van der Waals surface area contributed by atoms with Gasteiger partial charge in [-0.2, -0.15) is 0 Å². The molecular formula is C22H30N2O3S. The molecule has 0 saturated carbocycles. The van der Waals surface area contributed by atoms with E-state index in [1.807, 2.05) is 30.9 Å². The third-order valence-corrected chi connectivity index (χ3v) is 6.43. The second-order valence-electron chi connectivity index (χ2n) is 7.91. The summed E-state index contributed by atoms with van der Waals surface area (Å²) in [6.07, 6.45) is 3.85. The Bertz CT molecular complexity index is 843. The molecule has 152 valence electrons. The van der Waals surface area contributed by atoms with Gasteiger partial charge < -0.3 is 14.5 Å². The third kappa shape index (κ3) is 4.55. The van der Waals surface area contributed by atoms with Crippen molar-refractivity contribution >= 4 is 33.2 Å². The molecule has 3 rings (SSSR count). The van der Waals surface area contributed by atoms with Crippen molar-refractivity contribution in [1.82, 2.24) is 9.80 Å². The quantitative estimate of drug-likeness (QED) is 0.735. The fraction of sp³-hybridized carbons (Fsp3) is 0.545. The predicted molar refractivity (Wildman–Crippen MR) is 114 cm³/mol. The average Bonchev–Trinajstić information content (AvgIpc) is 3.04. The van der Waals surface area contributed by atoms with Crippen molar-refractivity contribution in [2.24, 2.45) is 0 Å². The molecule has 0 bridgehead atoms. The lowest BCUT2D eigenvalue weighted by molar-refractivity contribution is -0.141. The van der Waals surface area contributed by atoms with Gasteiger partial charge in [-0.05, 0) is 56.5 Å². The van der Waals surface area contributed by atoms with Crippen molar-refractivity contribution in [3.8, 4) is 0 Å². The van der Waals surface area contributed by atoms with E-state index in [1.54, 1.807) is 30.3 Å². The third-order valence-electron chi connectivity index (χ3n) is 5.23. The molecule has 6 heteroatoms. The summed E-state index contributed by atoms with van der Waals surface area (Å²) in [4.78, 5) is 30.0. The van der Waals surface area contributed by atoms with E-state index >= 15 is 0 Å². The number of benzene rings is 1. The van der Waals surface area contributed by atoms with E-state index in [0.717, 1.165) is 46.3 Å². The van der Waals surface area contributed by atoms with Crippen LogP contribution < -0.4 is 0 Å². The number of fused-ring (bicyclic) bond motifs is 1. The number of thiophene rings is 1. The zero-order valence-corrected chi connectivity index (χ0v) is 18.1. The maximum atomic E-state index is 12.8. The van der Waals surface area contributed by atoms with Gasteiger partial charge in [-0.1, -0.05) is 18.2 Å². The van der Waals surface area contributed by atoms with Gasteiger partial charge in [0.15, 0.2) is 0 Å². The normalized spacial score (nSPS) is 17.3. The van der Waals surface area contributed by atoms with Crippen molar-refractivity contribution < 1.29 is 14.3 Å². The van der Waals surface area contributed by atoms with E-state index in [0.29, 0.717) is 6.42 Å². The number of piperidine rings is 1. The summed E-state index contributed by atoms with van der Waals surface area (Å²) < 4.78 is 6.68. The first-order chi connectivity index (χ1) is 13.4. The maximum absolute atomic E-state index is 12.8. The molecule has 2 amide bonds. The summed E-state index contributed by atoms with van der Waals surface area (Å²) in [5.41, 5.74) is 1.08. The minimum absolute atomic E-state index is 0.0352. The number of likely N-dealkylation sites (tertiary alicyclic amines) is 1. The number of ether oxygens (including phenoxy) is 1. The lowest BCUT2D eigenvalue weighted by Crippen LogP contribution is -2.46. The molecule has 5 nitrogen and oxygen atoms in total. The van der Waals surface area contributed by atoms with Crippen LogP contribution in [0.15, 0.2) is 24.3 Å². The number of carbonyl (C=O) groups excluding carboxylic acids is 2. The van der Waals surface area contributed by atoms with Crippen LogP contribution in [0.5, 0.6) is 0 Å². The summed E-state index contributed by atoms with van der Waals surface area (Å²) in [6.45, 7) is 4.78. The van der Waals surface area contributed by atoms with E-state index in [2.05, 4.69) is 12.1 Å². The van der Waals surface area contributed by atoms with Crippen molar-refractivity contribution in [1.29, 1.82) is 0 Å². The van der Waals surface area contributed by atoms with Gasteiger partial charge in [0.25, 0.3) is 5.91 Å². The highest BCUT2D eigenvalue weighted by Crippen LogP contribution is 2.34. The van der Waals surface area contributed by atoms with E-state index in [1.165, 1.54) is 0 Å². The number of nitrogens with zero attached hydrogens (tertiary/aromatic N) is 2. The fourth-order valence-corrected chi connectivity index (χ4v) is 5.03. The standard InChI is InChI=1S/C22H30N2O3S/c1-15(2)27-14-20(25)24-12-8-7-9-16(24)13-18-17-10-5-6-11-19(17)28-21(18)22(26)23(3)4/h5-6,10-11,15-16H,7-9,12-14H2,1-4H3/t16-/m1/s1. The Hall–Kier alpha value is -1.92. The summed E-state index contributed by atoms with van der Waals surface area (Å²) in [5.74, 6) is 0.0893. The van der Waals surface area contributed by atoms with E-state index in [9.17, 15) is 9.59 Å². The first-order valence-electron chi connectivity index (χ1n) is 10.0. The second kappa shape index (κ2) is 9.05. The highest BCUT2D eigenvalue weighted by Gasteiger charge is 2.30. The second-order valence-corrected chi connectivity index (χ2v) is 8.96. The van der Waals surface area contributed by atoms with Crippen molar-refractivity contribution in [3.63, 3.8) is 0 Å². The van der Waals surface area contributed by atoms with Crippen LogP contribution in [0, 0.1) is 0 Å². The van der Waals surface area contributed by atoms with Crippen molar-refractivity contribution in [3.05, 3.63) is 34.7 Å². The molecule has 1 aliphatic rings. The first-order valence-corrected chi connectivity index (χ1v) is 10.8. The van der Waals surface area contributed by atoms with E-state index in [4.69, 9.17) is 4.74 Å². The minimum atomic E-state index is 0.0352. The molecule has 1 aromatic heterocycles. The minimum Gasteiger partial charge on any atom is -0.369 e. The van der Waals surface area contributed by atoms with Crippen molar-refractivity contribution in [2.75, 3.05) is 27.2 Å². The number of amides is 2. The molecule has 0 spiro atoms. The molecule has 0 aliphatic carbocycles. The van der Waals surface area contributed by atoms with Gasteiger partial charge in [0.05, 0.1) is 11.0 Å². The smallest absolute Gasteiger partial charge is 0.263 e. The zero-order valence-electron chi connectivity index (χ0n) is 17.2. The highest BCUT2D eigenvalue weighted by molar-refractivity contribution is 7.21. The van der Waals surface area contributed by atoms with Crippen LogP contribution in [0.25, 0.3) is 10.1 Å². The van der Waals surface area contributed by atoms with Crippen molar-refractivity contribution in [2.45, 2.75) is 51.7 Å². The van der Waals surface area contributed by atoms with Gasteiger partial charge in [0.2, 0.25) is 5.91 Å². The molecular weight excluding hydrogens is 372 g/mol. The molecule has 0 unspecified atom stereocenters. The number of hydrogen-bond donors (Lipinski definition) is 0. The summed E-state index contributed by atoms with van der Waals surface area (Å²) in [5, 5.41) is 1.13. The first kappa shape index (κ1) is 20.8. The Morgan fingerprint density at radius 2 is 2.00 bits per heavy atom. The lowest BCUT2D eigenvalue weighted by atomic mass is 9.94. The van der Waals surface area contributed by atoms with Gasteiger partial charge in [-0.25, -0.2) is 0 Å². The topological polar surface area (TPSA) is 49.9 Å². The Labute approximate surface area is 171 Å². The van der Waals surface area contributed by atoms with E-state index in [-0.39, 0.29) is 30.6 Å². The lowest BCUT2D eigenvalue weighted by Gasteiger charge is -2.36. The Balaban J connectivity index is 1.90. The van der Waals surface area contributed by atoms with Gasteiger partial charge in [0.1, 0.15) is 6.61 Å². The molecule has 2 aromatic rings. The summed E-state index contributed by atoms with van der Waals surface area (Å²) >= 11 is 1.55. The molecule has 2 heterocycles. The van der Waals surface area contributed by atoms with E-state index < -0.39 is 0 Å². The van der Waals surface area contributed by atoms with Crippen LogP contribution in [0.4, 0.5) is 0 Å². The van der Waals surface area contributed by atoms with Crippen LogP contribution in [0.1, 0.15) is 48.3 Å². The monoisotopic (exact) mass is 402 g/mol. The molecule has 1 aliphatic heterocycles. The predicted octanol–water partition coefficient (Wildman–Crippen LogP) is 3.95. The molecule has 0 N–H and O–H groups in total. The Morgan fingerprint density at radius 3 is 2.71 bits per heavy atom. The van der Waals surface area contributed by atoms with Gasteiger partial charge in [-0.3, -0.25) is 9.59 Å². The van der Waals surface area contributed by atoms with Crippen LogP contribution in [0.2, 0.25) is 0 Å². The largest absolute Gasteiger partial charge is 0.369 e. The van der Waals surface area contributed by atoms with Gasteiger partial charge in [-0.15, -0.1) is 11.3 Å². The molecule has 1 saturated heterocycles. The molecule has 1 atom stereocenters. The fourth-order valence-electron chi connectivity index (χ4n) is 3.77. The van der Waals surface area contributed by atoms with Crippen LogP contribution in [-0.4, -0.2) is 61.0 Å². The van der Waals surface area contributed by atoms with Crippen LogP contribution in [-0.2, 0) is 16.0 Å². The molecule has 1 aromatic carbocycles. The van der Waals surface area contributed by atoms with Gasteiger partial charge >= 0.3 is 0 Å². The van der Waals surface area contributed by atoms with Crippen LogP contribution in [0.3, 0.4) is 0 Å². The Morgan fingerprint density at radius 1 is 1.25 bits per heavy atom. The Kier molecular flexibility index (Phi) is 6.73.